The van der Waals surface area contributed by atoms with E-state index >= 15 is 0 Å². The largest absolute Gasteiger partial charge is 0.344 e. The molecular weight excluding hydrogens is 388 g/mol. The maximum Gasteiger partial charge on any atom is 0.227 e. The van der Waals surface area contributed by atoms with Gasteiger partial charge in [-0.2, -0.15) is 5.26 Å². The Bertz CT molecular complexity index is 978. The molecule has 0 bridgehead atoms. The zero-order chi connectivity index (χ0) is 21.9. The van der Waals surface area contributed by atoms with Crippen molar-refractivity contribution in [2.24, 2.45) is 0 Å². The van der Waals surface area contributed by atoms with Gasteiger partial charge in [0.05, 0.1) is 24.2 Å². The molecule has 3 rings (SSSR count). The van der Waals surface area contributed by atoms with Crippen LogP contribution in [-0.2, 0) is 9.59 Å². The van der Waals surface area contributed by atoms with Crippen LogP contribution < -0.4 is 10.2 Å². The lowest BCUT2D eigenvalue weighted by atomic mass is 10.0. The Labute approximate surface area is 182 Å². The number of aromatic nitrogens is 1. The quantitative estimate of drug-likeness (QED) is 0.575. The van der Waals surface area contributed by atoms with Crippen molar-refractivity contribution in [3.05, 3.63) is 96.3 Å². The smallest absolute Gasteiger partial charge is 0.227 e. The van der Waals surface area contributed by atoms with Crippen LogP contribution in [0.15, 0.2) is 85.1 Å². The predicted molar refractivity (Wildman–Crippen MR) is 119 cm³/mol. The molecule has 0 aliphatic carbocycles. The van der Waals surface area contributed by atoms with Crippen LogP contribution in [-0.4, -0.2) is 23.3 Å². The van der Waals surface area contributed by atoms with Crippen molar-refractivity contribution in [3.63, 3.8) is 0 Å². The first-order valence-corrected chi connectivity index (χ1v) is 10.2. The first kappa shape index (κ1) is 21.7. The number of carbonyl (C=O) groups excluding carboxylic acids is 2. The second-order valence-electron chi connectivity index (χ2n) is 6.95. The Kier molecular flexibility index (Phi) is 7.90. The molecular formula is C25H24N4O2. The number of carbonyl (C=O) groups is 2. The molecule has 0 aliphatic rings. The van der Waals surface area contributed by atoms with Gasteiger partial charge in [0.2, 0.25) is 11.8 Å². The van der Waals surface area contributed by atoms with E-state index in [9.17, 15) is 9.59 Å². The van der Waals surface area contributed by atoms with Gasteiger partial charge in [-0.25, -0.2) is 0 Å². The lowest BCUT2D eigenvalue weighted by molar-refractivity contribution is -0.125. The molecule has 1 aromatic heterocycles. The fourth-order valence-electron chi connectivity index (χ4n) is 3.28. The average molecular weight is 412 g/mol. The minimum atomic E-state index is -0.395. The molecule has 2 aromatic carbocycles. The third-order valence-corrected chi connectivity index (χ3v) is 4.80. The zero-order valence-electron chi connectivity index (χ0n) is 17.1. The highest BCUT2D eigenvalue weighted by Gasteiger charge is 2.20. The van der Waals surface area contributed by atoms with E-state index in [1.807, 2.05) is 78.9 Å². The molecule has 0 saturated carbocycles. The minimum absolute atomic E-state index is 0.0465. The third-order valence-electron chi connectivity index (χ3n) is 4.80. The van der Waals surface area contributed by atoms with E-state index in [1.165, 1.54) is 0 Å². The van der Waals surface area contributed by atoms with Crippen LogP contribution in [0.4, 0.5) is 5.69 Å². The van der Waals surface area contributed by atoms with E-state index in [2.05, 4.69) is 16.4 Å². The molecule has 0 spiro atoms. The first-order valence-electron chi connectivity index (χ1n) is 10.2. The lowest BCUT2D eigenvalue weighted by Gasteiger charge is -2.22. The summed E-state index contributed by atoms with van der Waals surface area (Å²) in [7, 11) is 0. The number of anilines is 1. The van der Waals surface area contributed by atoms with Crippen molar-refractivity contribution < 1.29 is 9.59 Å². The van der Waals surface area contributed by atoms with Gasteiger partial charge in [0, 0.05) is 31.3 Å². The van der Waals surface area contributed by atoms with Crippen LogP contribution in [0.3, 0.4) is 0 Å². The topological polar surface area (TPSA) is 86.1 Å². The molecule has 6 heteroatoms. The summed E-state index contributed by atoms with van der Waals surface area (Å²) in [5, 5.41) is 11.9. The molecule has 0 saturated heterocycles. The summed E-state index contributed by atoms with van der Waals surface area (Å²) in [6, 6.07) is 26.0. The van der Waals surface area contributed by atoms with Gasteiger partial charge in [-0.1, -0.05) is 54.6 Å². The van der Waals surface area contributed by atoms with Gasteiger partial charge in [0.25, 0.3) is 0 Å². The molecule has 2 amide bonds. The van der Waals surface area contributed by atoms with E-state index in [1.54, 1.807) is 11.1 Å². The maximum atomic E-state index is 12.8. The summed E-state index contributed by atoms with van der Waals surface area (Å²) in [4.78, 5) is 31.5. The van der Waals surface area contributed by atoms with Crippen LogP contribution in [0.2, 0.25) is 0 Å². The highest BCUT2D eigenvalue weighted by Crippen LogP contribution is 2.21. The summed E-state index contributed by atoms with van der Waals surface area (Å²) in [5.41, 5.74) is 2.37. The van der Waals surface area contributed by atoms with Gasteiger partial charge in [-0.05, 0) is 29.8 Å². The summed E-state index contributed by atoms with van der Waals surface area (Å²) in [5.74, 6) is -0.424. The first-order chi connectivity index (χ1) is 15.2. The number of benzene rings is 2. The number of nitriles is 1. The number of nitrogens with zero attached hydrogens (tertiary/aromatic N) is 3. The van der Waals surface area contributed by atoms with Crippen molar-refractivity contribution >= 4 is 17.5 Å². The number of hydrogen-bond acceptors (Lipinski definition) is 4. The fraction of sp³-hybridized carbons (Fsp3) is 0.200. The zero-order valence-corrected chi connectivity index (χ0v) is 17.1. The molecule has 0 radical (unpaired) electrons. The Hall–Kier alpha value is -3.98. The SMILES string of the molecule is N#CCCN(C(=O)CCC(=O)NC(c1ccccc1)c1ccccn1)c1ccccc1. The average Bonchev–Trinajstić information content (AvgIpc) is 2.83. The Morgan fingerprint density at radius 3 is 2.26 bits per heavy atom. The highest BCUT2D eigenvalue weighted by atomic mass is 16.2. The Morgan fingerprint density at radius 1 is 0.935 bits per heavy atom. The lowest BCUT2D eigenvalue weighted by Crippen LogP contribution is -2.34. The molecule has 1 atom stereocenters. The second-order valence-corrected chi connectivity index (χ2v) is 6.95. The summed E-state index contributed by atoms with van der Waals surface area (Å²) < 4.78 is 0. The number of hydrogen-bond donors (Lipinski definition) is 1. The third kappa shape index (κ3) is 6.25. The summed E-state index contributed by atoms with van der Waals surface area (Å²) in [6.45, 7) is 0.293. The highest BCUT2D eigenvalue weighted by molar-refractivity contribution is 5.95. The second kappa shape index (κ2) is 11.3. The normalized spacial score (nSPS) is 11.2. The number of nitrogens with one attached hydrogen (secondary N) is 1. The standard InChI is InChI=1S/C25H24N4O2/c26-17-9-19-29(21-12-5-2-6-13-21)24(31)16-15-23(30)28-25(20-10-3-1-4-11-20)22-14-7-8-18-27-22/h1-8,10-14,18,25H,9,15-16,19H2,(H,28,30). The molecule has 1 N–H and O–H groups in total. The van der Waals surface area contributed by atoms with Crippen molar-refractivity contribution in [3.8, 4) is 6.07 Å². The van der Waals surface area contributed by atoms with Gasteiger partial charge in [0.1, 0.15) is 0 Å². The van der Waals surface area contributed by atoms with Crippen LogP contribution in [0.5, 0.6) is 0 Å². The van der Waals surface area contributed by atoms with Crippen molar-refractivity contribution in [1.82, 2.24) is 10.3 Å². The summed E-state index contributed by atoms with van der Waals surface area (Å²) >= 11 is 0. The van der Waals surface area contributed by atoms with E-state index in [0.29, 0.717) is 6.54 Å². The minimum Gasteiger partial charge on any atom is -0.344 e. The van der Waals surface area contributed by atoms with Crippen LogP contribution in [0.25, 0.3) is 0 Å². The van der Waals surface area contributed by atoms with Gasteiger partial charge in [-0.15, -0.1) is 0 Å². The van der Waals surface area contributed by atoms with Crippen LogP contribution in [0, 0.1) is 11.3 Å². The van der Waals surface area contributed by atoms with E-state index < -0.39 is 6.04 Å². The van der Waals surface area contributed by atoms with Crippen LogP contribution in [0.1, 0.15) is 36.6 Å². The molecule has 1 heterocycles. The molecule has 31 heavy (non-hydrogen) atoms. The monoisotopic (exact) mass is 412 g/mol. The predicted octanol–water partition coefficient (Wildman–Crippen LogP) is 4.01. The maximum absolute atomic E-state index is 12.8. The molecule has 1 unspecified atom stereocenters. The molecule has 0 aliphatic heterocycles. The molecule has 0 fully saturated rings. The fourth-order valence-corrected chi connectivity index (χ4v) is 3.28. The number of amides is 2. The summed E-state index contributed by atoms with van der Waals surface area (Å²) in [6.07, 6.45) is 2.01. The van der Waals surface area contributed by atoms with Gasteiger partial charge in [-0.3, -0.25) is 14.6 Å². The van der Waals surface area contributed by atoms with Crippen molar-refractivity contribution in [2.75, 3.05) is 11.4 Å². The number of rotatable bonds is 9. The van der Waals surface area contributed by atoms with Gasteiger partial charge in [0.15, 0.2) is 0 Å². The Morgan fingerprint density at radius 2 is 1.61 bits per heavy atom. The van der Waals surface area contributed by atoms with Crippen molar-refractivity contribution in [1.29, 1.82) is 5.26 Å². The van der Waals surface area contributed by atoms with Gasteiger partial charge >= 0.3 is 0 Å². The van der Waals surface area contributed by atoms with Gasteiger partial charge < -0.3 is 10.2 Å². The van der Waals surface area contributed by atoms with Crippen molar-refractivity contribution in [2.45, 2.75) is 25.3 Å². The molecule has 3 aromatic rings. The number of para-hydroxylation sites is 1. The Balaban J connectivity index is 1.67. The molecule has 156 valence electrons. The van der Waals surface area contributed by atoms with Crippen LogP contribution >= 0.6 is 0 Å². The van der Waals surface area contributed by atoms with E-state index in [0.717, 1.165) is 16.9 Å². The van der Waals surface area contributed by atoms with E-state index in [4.69, 9.17) is 5.26 Å². The number of pyridine rings is 1. The van der Waals surface area contributed by atoms with E-state index in [-0.39, 0.29) is 31.1 Å². The molecule has 6 nitrogen and oxygen atoms in total.